The van der Waals surface area contributed by atoms with Crippen LogP contribution in [0.3, 0.4) is 0 Å². The zero-order valence-electron chi connectivity index (χ0n) is 20.2. The lowest BCUT2D eigenvalue weighted by atomic mass is 9.84. The van der Waals surface area contributed by atoms with Crippen molar-refractivity contribution in [3.05, 3.63) is 60.4 Å². The molecule has 37 heavy (non-hydrogen) atoms. The quantitative estimate of drug-likeness (QED) is 0.345. The Kier molecular flexibility index (Phi) is 6.00. The number of aromatic nitrogens is 5. The van der Waals surface area contributed by atoms with E-state index in [-0.39, 0.29) is 23.0 Å². The lowest BCUT2D eigenvalue weighted by Gasteiger charge is -2.47. The van der Waals surface area contributed by atoms with E-state index < -0.39 is 15.8 Å². The Balaban J connectivity index is 1.28. The number of aromatic amines is 1. The summed E-state index contributed by atoms with van der Waals surface area (Å²) < 4.78 is 42.3. The zero-order valence-corrected chi connectivity index (χ0v) is 21.0. The van der Waals surface area contributed by atoms with Crippen molar-refractivity contribution in [1.29, 1.82) is 0 Å². The van der Waals surface area contributed by atoms with Gasteiger partial charge in [-0.2, -0.15) is 9.40 Å². The molecule has 6 heterocycles. The molecule has 0 radical (unpaired) electrons. The smallest absolute Gasteiger partial charge is 0.245 e. The third-order valence-electron chi connectivity index (χ3n) is 7.07. The molecule has 6 rings (SSSR count). The van der Waals surface area contributed by atoms with Crippen LogP contribution < -0.4 is 10.6 Å². The number of anilines is 3. The summed E-state index contributed by atoms with van der Waals surface area (Å²) in [5, 5.41) is 14.8. The molecular weight excluding hydrogens is 495 g/mol. The summed E-state index contributed by atoms with van der Waals surface area (Å²) in [6.45, 7) is 1.93. The molecule has 4 aromatic rings. The van der Waals surface area contributed by atoms with E-state index >= 15 is 0 Å². The van der Waals surface area contributed by atoms with E-state index in [0.29, 0.717) is 30.3 Å². The fourth-order valence-electron chi connectivity index (χ4n) is 5.56. The summed E-state index contributed by atoms with van der Waals surface area (Å²) in [6.07, 6.45) is 7.70. The molecule has 0 amide bonds. The van der Waals surface area contributed by atoms with Gasteiger partial charge in [0.2, 0.25) is 10.0 Å². The Morgan fingerprint density at radius 3 is 2.65 bits per heavy atom. The Morgan fingerprint density at radius 1 is 1.11 bits per heavy atom. The predicted molar refractivity (Wildman–Crippen MR) is 137 cm³/mol. The highest BCUT2D eigenvalue weighted by atomic mass is 32.2. The summed E-state index contributed by atoms with van der Waals surface area (Å²) in [7, 11) is -3.86. The molecule has 0 spiro atoms. The lowest BCUT2D eigenvalue weighted by Crippen LogP contribution is -2.56. The molecule has 0 aliphatic carbocycles. The van der Waals surface area contributed by atoms with Gasteiger partial charge in [0.05, 0.1) is 11.7 Å². The monoisotopic (exact) mass is 522 g/mol. The molecule has 192 valence electrons. The van der Waals surface area contributed by atoms with Gasteiger partial charge in [-0.1, -0.05) is 6.42 Å². The molecule has 3 N–H and O–H groups in total. The molecule has 4 aromatic heterocycles. The van der Waals surface area contributed by atoms with Gasteiger partial charge in [-0.15, -0.1) is 0 Å². The molecule has 2 aliphatic heterocycles. The fourth-order valence-corrected chi connectivity index (χ4v) is 7.43. The largest absolute Gasteiger partial charge is 0.367 e. The summed E-state index contributed by atoms with van der Waals surface area (Å²) in [6, 6.07) is 8.31. The highest BCUT2D eigenvalue weighted by Gasteiger charge is 2.45. The number of aryl methyl sites for hydroxylation is 1. The van der Waals surface area contributed by atoms with E-state index in [0.717, 1.165) is 48.1 Å². The van der Waals surface area contributed by atoms with Crippen LogP contribution in [-0.2, 0) is 10.0 Å². The maximum absolute atomic E-state index is 13.8. The third kappa shape index (κ3) is 4.62. The molecule has 0 aromatic carbocycles. The number of piperidine rings is 2. The molecule has 0 saturated carbocycles. The Hall–Kier alpha value is -3.64. The number of sulfonamides is 1. The normalized spacial score (nSPS) is 22.2. The van der Waals surface area contributed by atoms with Crippen LogP contribution in [0.15, 0.2) is 53.8 Å². The van der Waals surface area contributed by atoms with E-state index in [1.807, 2.05) is 31.2 Å². The summed E-state index contributed by atoms with van der Waals surface area (Å²) in [5.74, 6) is 1.30. The second-order valence-electron chi connectivity index (χ2n) is 9.71. The summed E-state index contributed by atoms with van der Waals surface area (Å²) in [4.78, 5) is 13.0. The average Bonchev–Trinajstić information content (AvgIpc) is 3.27. The second kappa shape index (κ2) is 9.34. The van der Waals surface area contributed by atoms with Crippen molar-refractivity contribution in [2.24, 2.45) is 0 Å². The van der Waals surface area contributed by atoms with Gasteiger partial charge in [0.15, 0.2) is 5.82 Å². The topological polar surface area (TPSA) is 129 Å². The summed E-state index contributed by atoms with van der Waals surface area (Å²) in [5.41, 5.74) is 1.72. The third-order valence-corrected chi connectivity index (χ3v) is 9.04. The first-order valence-electron chi connectivity index (χ1n) is 12.3. The Morgan fingerprint density at radius 2 is 1.92 bits per heavy atom. The van der Waals surface area contributed by atoms with Crippen molar-refractivity contribution in [1.82, 2.24) is 29.5 Å². The lowest BCUT2D eigenvalue weighted by molar-refractivity contribution is 0.116. The highest BCUT2D eigenvalue weighted by molar-refractivity contribution is 7.89. The first-order chi connectivity index (χ1) is 17.9. The molecule has 2 bridgehead atoms. The van der Waals surface area contributed by atoms with E-state index in [1.54, 1.807) is 10.5 Å². The van der Waals surface area contributed by atoms with Crippen LogP contribution in [0.1, 0.15) is 37.8 Å². The van der Waals surface area contributed by atoms with Gasteiger partial charge >= 0.3 is 0 Å². The number of hydrogen-bond acceptors (Lipinski definition) is 8. The van der Waals surface area contributed by atoms with Crippen LogP contribution in [0.2, 0.25) is 0 Å². The van der Waals surface area contributed by atoms with Crippen molar-refractivity contribution >= 4 is 38.4 Å². The minimum absolute atomic E-state index is 0.0196. The van der Waals surface area contributed by atoms with E-state index in [2.05, 4.69) is 30.8 Å². The van der Waals surface area contributed by atoms with Gasteiger partial charge in [-0.3, -0.25) is 15.1 Å². The number of hydrogen-bond donors (Lipinski definition) is 3. The number of H-pyrrole nitrogens is 1. The number of fused-ring (bicyclic) bond motifs is 3. The Bertz CT molecular complexity index is 1550. The van der Waals surface area contributed by atoms with Crippen LogP contribution in [0.25, 0.3) is 10.9 Å². The van der Waals surface area contributed by atoms with Crippen LogP contribution in [0.4, 0.5) is 21.8 Å². The van der Waals surface area contributed by atoms with Crippen LogP contribution in [0.5, 0.6) is 0 Å². The number of pyridine rings is 3. The van der Waals surface area contributed by atoms with Gasteiger partial charge in [0.1, 0.15) is 22.3 Å². The van der Waals surface area contributed by atoms with E-state index in [4.69, 9.17) is 4.98 Å². The van der Waals surface area contributed by atoms with Gasteiger partial charge in [0.25, 0.3) is 0 Å². The Labute approximate surface area is 213 Å². The first-order valence-corrected chi connectivity index (χ1v) is 13.8. The fraction of sp³-hybridized carbons (Fsp3) is 0.360. The summed E-state index contributed by atoms with van der Waals surface area (Å²) >= 11 is 0. The standard InChI is InChI=1S/C25H27FN8O2S/c1-15-8-24(33-32-15)30-23-12-22-21(6-3-7-28-22)25(31-23)29-17-10-18-4-2-5-19(11-17)34(18)37(35,36)20-9-16(26)13-27-14-20/h3,6-9,12-14,17-19H,2,4-5,10-11H2,1H3,(H3,29,30,31,32,33)/t17?,18-,19+. The minimum Gasteiger partial charge on any atom is -0.367 e. The second-order valence-corrected chi connectivity index (χ2v) is 11.6. The maximum atomic E-state index is 13.8. The van der Waals surface area contributed by atoms with Crippen molar-refractivity contribution in [2.75, 3.05) is 10.6 Å². The van der Waals surface area contributed by atoms with Gasteiger partial charge in [-0.05, 0) is 50.8 Å². The molecule has 2 fully saturated rings. The molecule has 3 atom stereocenters. The first kappa shape index (κ1) is 23.7. The SMILES string of the molecule is Cc1cc(Nc2cc3ncccc3c(NC3C[C@H]4CCC[C@@H](C3)N4S(=O)(=O)c3cncc(F)c3)n2)n[nH]1. The number of halogens is 1. The van der Waals surface area contributed by atoms with Crippen LogP contribution in [0, 0.1) is 12.7 Å². The molecule has 12 heteroatoms. The zero-order chi connectivity index (χ0) is 25.6. The molecule has 10 nitrogen and oxygen atoms in total. The van der Waals surface area contributed by atoms with Crippen LogP contribution in [-0.4, -0.2) is 56.0 Å². The van der Waals surface area contributed by atoms with Crippen molar-refractivity contribution in [3.8, 4) is 0 Å². The average molecular weight is 523 g/mol. The van der Waals surface area contributed by atoms with Gasteiger partial charge < -0.3 is 10.6 Å². The predicted octanol–water partition coefficient (Wildman–Crippen LogP) is 4.13. The molecule has 2 saturated heterocycles. The number of rotatable bonds is 6. The van der Waals surface area contributed by atoms with Crippen molar-refractivity contribution in [2.45, 2.75) is 62.0 Å². The van der Waals surface area contributed by atoms with E-state index in [9.17, 15) is 12.8 Å². The highest BCUT2D eigenvalue weighted by Crippen LogP contribution is 2.39. The maximum Gasteiger partial charge on any atom is 0.245 e. The van der Waals surface area contributed by atoms with Crippen molar-refractivity contribution < 1.29 is 12.8 Å². The molecular formula is C25H27FN8O2S. The number of nitrogens with zero attached hydrogens (tertiary/aromatic N) is 5. The van der Waals surface area contributed by atoms with Crippen molar-refractivity contribution in [3.63, 3.8) is 0 Å². The van der Waals surface area contributed by atoms with Crippen LogP contribution >= 0.6 is 0 Å². The molecule has 1 unspecified atom stereocenters. The van der Waals surface area contributed by atoms with E-state index in [1.165, 1.54) is 6.20 Å². The van der Waals surface area contributed by atoms with Gasteiger partial charge in [0, 0.05) is 53.7 Å². The minimum atomic E-state index is -3.86. The number of nitrogens with one attached hydrogen (secondary N) is 3. The van der Waals surface area contributed by atoms with Gasteiger partial charge in [-0.25, -0.2) is 17.8 Å². The molecule has 2 aliphatic rings.